The van der Waals surface area contributed by atoms with Crippen molar-refractivity contribution in [3.63, 3.8) is 0 Å². The molecule has 0 amide bonds. The highest BCUT2D eigenvalue weighted by atomic mass is 32.2. The first-order valence-electron chi connectivity index (χ1n) is 6.77. The summed E-state index contributed by atoms with van der Waals surface area (Å²) in [5.74, 6) is 2.02. The van der Waals surface area contributed by atoms with E-state index < -0.39 is 0 Å². The van der Waals surface area contributed by atoms with Crippen molar-refractivity contribution in [2.75, 3.05) is 12.4 Å². The Kier molecular flexibility index (Phi) is 3.98. The molecule has 2 heterocycles. The highest BCUT2D eigenvalue weighted by Gasteiger charge is 2.12. The van der Waals surface area contributed by atoms with Crippen LogP contribution in [0.3, 0.4) is 0 Å². The van der Waals surface area contributed by atoms with Crippen LogP contribution in [-0.2, 0) is 26.5 Å². The molecule has 1 aliphatic heterocycles. The minimum Gasteiger partial charge on any atom is -0.493 e. The van der Waals surface area contributed by atoms with Crippen LogP contribution in [0.2, 0.25) is 0 Å². The van der Waals surface area contributed by atoms with Crippen LogP contribution < -0.4 is 4.74 Å². The van der Waals surface area contributed by atoms with Gasteiger partial charge in [0, 0.05) is 19.2 Å². The second kappa shape index (κ2) is 5.89. The number of imidazole rings is 1. The van der Waals surface area contributed by atoms with Gasteiger partial charge in [0.15, 0.2) is 5.16 Å². The molecule has 1 aliphatic rings. The van der Waals surface area contributed by atoms with E-state index in [0.717, 1.165) is 41.8 Å². The minimum atomic E-state index is 0.0366. The van der Waals surface area contributed by atoms with Crippen LogP contribution in [-0.4, -0.2) is 27.0 Å². The molecule has 106 valence electrons. The van der Waals surface area contributed by atoms with Gasteiger partial charge >= 0.3 is 0 Å². The van der Waals surface area contributed by atoms with Crippen molar-refractivity contribution < 1.29 is 9.84 Å². The Hall–Kier alpha value is -1.46. The number of benzene rings is 1. The number of rotatable bonds is 5. The highest BCUT2D eigenvalue weighted by Crippen LogP contribution is 2.27. The van der Waals surface area contributed by atoms with E-state index in [0.29, 0.717) is 0 Å². The average Bonchev–Trinajstić information content (AvgIpc) is 3.05. The summed E-state index contributed by atoms with van der Waals surface area (Å²) >= 11 is 1.72. The van der Waals surface area contributed by atoms with Crippen LogP contribution >= 0.6 is 11.8 Å². The molecule has 0 saturated carbocycles. The number of ether oxygens (including phenoxy) is 1. The molecule has 1 aromatic carbocycles. The largest absolute Gasteiger partial charge is 0.493 e. The third kappa shape index (κ3) is 2.69. The molecule has 0 spiro atoms. The Bertz CT molecular complexity index is 610. The van der Waals surface area contributed by atoms with Crippen molar-refractivity contribution in [1.29, 1.82) is 0 Å². The van der Waals surface area contributed by atoms with E-state index in [1.807, 2.05) is 11.6 Å². The summed E-state index contributed by atoms with van der Waals surface area (Å²) in [6.45, 7) is 0.847. The zero-order valence-electron chi connectivity index (χ0n) is 11.5. The predicted molar refractivity (Wildman–Crippen MR) is 79.2 cm³/mol. The number of aryl methyl sites for hydroxylation is 1. The Morgan fingerprint density at radius 1 is 1.45 bits per heavy atom. The van der Waals surface area contributed by atoms with Crippen molar-refractivity contribution in [3.8, 4) is 5.75 Å². The lowest BCUT2D eigenvalue weighted by Crippen LogP contribution is -1.98. The van der Waals surface area contributed by atoms with Gasteiger partial charge in [0.05, 0.1) is 25.1 Å². The summed E-state index contributed by atoms with van der Waals surface area (Å²) in [4.78, 5) is 4.32. The molecule has 2 aromatic rings. The van der Waals surface area contributed by atoms with Gasteiger partial charge in [0.1, 0.15) is 5.75 Å². The number of aliphatic hydroxyl groups is 1. The summed E-state index contributed by atoms with van der Waals surface area (Å²) in [5.41, 5.74) is 3.52. The molecular formula is C15H18N2O2S. The molecule has 1 N–H and O–H groups in total. The lowest BCUT2D eigenvalue weighted by Gasteiger charge is -2.05. The zero-order chi connectivity index (χ0) is 13.9. The number of thioether (sulfide) groups is 1. The fraction of sp³-hybridized carbons (Fsp3) is 0.400. The second-order valence-electron chi connectivity index (χ2n) is 4.89. The summed E-state index contributed by atoms with van der Waals surface area (Å²) in [7, 11) is 1.94. The lowest BCUT2D eigenvalue weighted by molar-refractivity contribution is 0.271. The standard InChI is InChI=1S/C15H18N2O2S/c1-17-13(10-18)9-16-15(17)20-7-5-11-2-3-14-12(8-11)4-6-19-14/h2-3,8-9,18H,4-7,10H2,1H3. The molecule has 20 heavy (non-hydrogen) atoms. The SMILES string of the molecule is Cn1c(CO)cnc1SCCc1ccc2c(c1)CCO2. The van der Waals surface area contributed by atoms with Gasteiger partial charge < -0.3 is 14.4 Å². The number of aromatic nitrogens is 2. The Morgan fingerprint density at radius 2 is 2.35 bits per heavy atom. The molecule has 0 radical (unpaired) electrons. The van der Waals surface area contributed by atoms with Crippen molar-refractivity contribution in [3.05, 3.63) is 41.2 Å². The Balaban J connectivity index is 1.58. The van der Waals surface area contributed by atoms with Gasteiger partial charge in [0.2, 0.25) is 0 Å². The van der Waals surface area contributed by atoms with Gasteiger partial charge in [0.25, 0.3) is 0 Å². The van der Waals surface area contributed by atoms with Gasteiger partial charge in [-0.25, -0.2) is 4.98 Å². The van der Waals surface area contributed by atoms with E-state index in [9.17, 15) is 0 Å². The molecule has 0 bridgehead atoms. The number of aliphatic hydroxyl groups excluding tert-OH is 1. The molecule has 0 atom stereocenters. The molecular weight excluding hydrogens is 272 g/mol. The summed E-state index contributed by atoms with van der Waals surface area (Å²) in [6.07, 6.45) is 3.77. The first kappa shape index (κ1) is 13.5. The molecule has 3 rings (SSSR count). The van der Waals surface area contributed by atoms with Gasteiger partial charge in [-0.2, -0.15) is 0 Å². The number of hydrogen-bond acceptors (Lipinski definition) is 4. The monoisotopic (exact) mass is 290 g/mol. The summed E-state index contributed by atoms with van der Waals surface area (Å²) in [6, 6.07) is 6.47. The van der Waals surface area contributed by atoms with E-state index in [4.69, 9.17) is 9.84 Å². The maximum Gasteiger partial charge on any atom is 0.167 e. The minimum absolute atomic E-state index is 0.0366. The van der Waals surface area contributed by atoms with Crippen molar-refractivity contribution in [2.45, 2.75) is 24.6 Å². The Morgan fingerprint density at radius 3 is 3.15 bits per heavy atom. The summed E-state index contributed by atoms with van der Waals surface area (Å²) in [5, 5.41) is 10.1. The quantitative estimate of drug-likeness (QED) is 0.858. The van der Waals surface area contributed by atoms with Crippen LogP contribution in [0.1, 0.15) is 16.8 Å². The maximum absolute atomic E-state index is 9.14. The second-order valence-corrected chi connectivity index (χ2v) is 5.95. The van der Waals surface area contributed by atoms with Gasteiger partial charge in [-0.3, -0.25) is 0 Å². The maximum atomic E-state index is 9.14. The average molecular weight is 290 g/mol. The highest BCUT2D eigenvalue weighted by molar-refractivity contribution is 7.99. The normalized spacial score (nSPS) is 13.3. The van der Waals surface area contributed by atoms with Gasteiger partial charge in [-0.15, -0.1) is 0 Å². The van der Waals surface area contributed by atoms with Crippen LogP contribution in [0, 0.1) is 0 Å². The lowest BCUT2D eigenvalue weighted by atomic mass is 10.1. The van der Waals surface area contributed by atoms with E-state index in [1.54, 1.807) is 18.0 Å². The third-order valence-corrected chi connectivity index (χ3v) is 4.63. The number of nitrogens with zero attached hydrogens (tertiary/aromatic N) is 2. The fourth-order valence-corrected chi connectivity index (χ4v) is 3.32. The molecule has 0 fully saturated rings. The van der Waals surface area contributed by atoms with Crippen molar-refractivity contribution in [2.24, 2.45) is 7.05 Å². The van der Waals surface area contributed by atoms with E-state index in [2.05, 4.69) is 23.2 Å². The third-order valence-electron chi connectivity index (χ3n) is 3.58. The first-order chi connectivity index (χ1) is 9.78. The molecule has 0 unspecified atom stereocenters. The fourth-order valence-electron chi connectivity index (χ4n) is 2.36. The van der Waals surface area contributed by atoms with E-state index >= 15 is 0 Å². The predicted octanol–water partition coefficient (Wildman–Crippen LogP) is 2.18. The van der Waals surface area contributed by atoms with Gasteiger partial charge in [-0.05, 0) is 23.6 Å². The zero-order valence-corrected chi connectivity index (χ0v) is 12.3. The van der Waals surface area contributed by atoms with Crippen LogP contribution in [0.15, 0.2) is 29.6 Å². The van der Waals surface area contributed by atoms with Crippen LogP contribution in [0.25, 0.3) is 0 Å². The van der Waals surface area contributed by atoms with Crippen LogP contribution in [0.5, 0.6) is 5.75 Å². The topological polar surface area (TPSA) is 47.3 Å². The van der Waals surface area contributed by atoms with Crippen molar-refractivity contribution >= 4 is 11.8 Å². The smallest absolute Gasteiger partial charge is 0.167 e. The number of hydrogen-bond donors (Lipinski definition) is 1. The van der Waals surface area contributed by atoms with E-state index in [1.165, 1.54) is 11.1 Å². The molecule has 0 aliphatic carbocycles. The molecule has 4 nitrogen and oxygen atoms in total. The molecule has 0 saturated heterocycles. The van der Waals surface area contributed by atoms with E-state index in [-0.39, 0.29) is 6.61 Å². The first-order valence-corrected chi connectivity index (χ1v) is 7.75. The Labute approximate surface area is 122 Å². The number of fused-ring (bicyclic) bond motifs is 1. The van der Waals surface area contributed by atoms with Gasteiger partial charge in [-0.1, -0.05) is 23.9 Å². The van der Waals surface area contributed by atoms with Crippen molar-refractivity contribution in [1.82, 2.24) is 9.55 Å². The van der Waals surface area contributed by atoms with Crippen LogP contribution in [0.4, 0.5) is 0 Å². The summed E-state index contributed by atoms with van der Waals surface area (Å²) < 4.78 is 7.46. The molecule has 1 aromatic heterocycles. The molecule has 5 heteroatoms.